The zero-order valence-electron chi connectivity index (χ0n) is 13.9. The van der Waals surface area contributed by atoms with Gasteiger partial charge in [0.05, 0.1) is 19.7 Å². The Labute approximate surface area is 150 Å². The lowest BCUT2D eigenvalue weighted by atomic mass is 10.1. The molecule has 0 aliphatic heterocycles. The molecule has 1 aromatic heterocycles. The van der Waals surface area contributed by atoms with Crippen molar-refractivity contribution in [2.75, 3.05) is 14.2 Å². The summed E-state index contributed by atoms with van der Waals surface area (Å²) in [5, 5.41) is 4.18. The number of fused-ring (bicyclic) bond motifs is 1. The van der Waals surface area contributed by atoms with Crippen molar-refractivity contribution in [1.29, 1.82) is 0 Å². The molecule has 3 aromatic rings. The molecule has 25 heavy (non-hydrogen) atoms. The first-order valence-electron chi connectivity index (χ1n) is 7.66. The van der Waals surface area contributed by atoms with Crippen molar-refractivity contribution in [3.05, 3.63) is 64.8 Å². The van der Waals surface area contributed by atoms with Crippen LogP contribution in [0.15, 0.2) is 48.5 Å². The van der Waals surface area contributed by atoms with Crippen LogP contribution in [0.2, 0.25) is 5.15 Å². The van der Waals surface area contributed by atoms with Gasteiger partial charge in [-0.05, 0) is 42.5 Å². The quantitative estimate of drug-likeness (QED) is 0.706. The van der Waals surface area contributed by atoms with Crippen molar-refractivity contribution in [3.63, 3.8) is 0 Å². The summed E-state index contributed by atoms with van der Waals surface area (Å²) in [6, 6.07) is 14.3. The molecule has 0 fully saturated rings. The molecule has 0 spiro atoms. The first-order valence-corrected chi connectivity index (χ1v) is 8.04. The number of nitrogens with one attached hydrogen (secondary N) is 1. The van der Waals surface area contributed by atoms with Gasteiger partial charge < -0.3 is 14.8 Å². The molecule has 1 N–H and O–H groups in total. The van der Waals surface area contributed by atoms with Crippen LogP contribution in [0.1, 0.15) is 15.9 Å². The number of methoxy groups -OCH3 is 2. The van der Waals surface area contributed by atoms with Crippen LogP contribution in [0.4, 0.5) is 0 Å². The van der Waals surface area contributed by atoms with E-state index < -0.39 is 0 Å². The molecule has 1 amide bonds. The Hall–Kier alpha value is -2.79. The van der Waals surface area contributed by atoms with Gasteiger partial charge in [0.2, 0.25) is 0 Å². The molecular weight excluding hydrogens is 340 g/mol. The average Bonchev–Trinajstić information content (AvgIpc) is 2.65. The topological polar surface area (TPSA) is 60.5 Å². The fourth-order valence-electron chi connectivity index (χ4n) is 2.52. The second-order valence-electron chi connectivity index (χ2n) is 5.40. The van der Waals surface area contributed by atoms with Crippen LogP contribution in [-0.2, 0) is 6.54 Å². The van der Waals surface area contributed by atoms with E-state index in [0.29, 0.717) is 28.8 Å². The maximum Gasteiger partial charge on any atom is 0.251 e. The number of nitrogens with zero attached hydrogens (tertiary/aromatic N) is 1. The maximum atomic E-state index is 12.4. The summed E-state index contributed by atoms with van der Waals surface area (Å²) in [6.45, 7) is 0.350. The number of ether oxygens (including phenoxy) is 2. The molecule has 0 atom stereocenters. The smallest absolute Gasteiger partial charge is 0.251 e. The van der Waals surface area contributed by atoms with Gasteiger partial charge in [-0.25, -0.2) is 4.98 Å². The Morgan fingerprint density at radius 2 is 1.92 bits per heavy atom. The van der Waals surface area contributed by atoms with Crippen LogP contribution in [-0.4, -0.2) is 25.1 Å². The minimum atomic E-state index is -0.172. The van der Waals surface area contributed by atoms with E-state index >= 15 is 0 Å². The highest BCUT2D eigenvalue weighted by Crippen LogP contribution is 2.24. The lowest BCUT2D eigenvalue weighted by Crippen LogP contribution is -2.23. The van der Waals surface area contributed by atoms with Gasteiger partial charge in [-0.2, -0.15) is 0 Å². The van der Waals surface area contributed by atoms with Crippen molar-refractivity contribution >= 4 is 28.4 Å². The molecule has 0 bridgehead atoms. The van der Waals surface area contributed by atoms with Crippen LogP contribution >= 0.6 is 11.6 Å². The third-order valence-electron chi connectivity index (χ3n) is 3.85. The van der Waals surface area contributed by atoms with Crippen LogP contribution in [0.3, 0.4) is 0 Å². The van der Waals surface area contributed by atoms with E-state index in [9.17, 15) is 4.79 Å². The minimum Gasteiger partial charge on any atom is -0.497 e. The van der Waals surface area contributed by atoms with Crippen LogP contribution < -0.4 is 14.8 Å². The lowest BCUT2D eigenvalue weighted by Gasteiger charge is -2.11. The Bertz CT molecular complexity index is 928. The SMILES string of the molecule is COc1ccc(CNC(=O)c2ccc3nc(Cl)ccc3c2)c(OC)c1. The van der Waals surface area contributed by atoms with E-state index in [4.69, 9.17) is 21.1 Å². The van der Waals surface area contributed by atoms with Gasteiger partial charge in [-0.3, -0.25) is 4.79 Å². The molecule has 0 saturated heterocycles. The largest absolute Gasteiger partial charge is 0.497 e. The number of pyridine rings is 1. The molecule has 0 aliphatic rings. The first kappa shape index (κ1) is 17.0. The van der Waals surface area contributed by atoms with Gasteiger partial charge in [0.1, 0.15) is 16.7 Å². The molecule has 3 rings (SSSR count). The molecule has 6 heteroatoms. The maximum absolute atomic E-state index is 12.4. The molecule has 128 valence electrons. The highest BCUT2D eigenvalue weighted by molar-refractivity contribution is 6.29. The van der Waals surface area contributed by atoms with Gasteiger partial charge in [0.25, 0.3) is 5.91 Å². The summed E-state index contributed by atoms with van der Waals surface area (Å²) >= 11 is 5.88. The van der Waals surface area contributed by atoms with Gasteiger partial charge >= 0.3 is 0 Å². The lowest BCUT2D eigenvalue weighted by molar-refractivity contribution is 0.0951. The van der Waals surface area contributed by atoms with Crippen molar-refractivity contribution in [2.45, 2.75) is 6.54 Å². The molecule has 5 nitrogen and oxygen atoms in total. The van der Waals surface area contributed by atoms with E-state index in [1.807, 2.05) is 18.2 Å². The summed E-state index contributed by atoms with van der Waals surface area (Å²) in [6.07, 6.45) is 0. The number of carbonyl (C=O) groups is 1. The van der Waals surface area contributed by atoms with Gasteiger partial charge in [-0.15, -0.1) is 0 Å². The number of hydrogen-bond acceptors (Lipinski definition) is 4. The van der Waals surface area contributed by atoms with E-state index in [1.165, 1.54) is 0 Å². The number of rotatable bonds is 5. The van der Waals surface area contributed by atoms with E-state index in [1.54, 1.807) is 44.6 Å². The number of hydrogen-bond donors (Lipinski definition) is 1. The normalized spacial score (nSPS) is 10.5. The fraction of sp³-hybridized carbons (Fsp3) is 0.158. The zero-order valence-corrected chi connectivity index (χ0v) is 14.6. The predicted octanol–water partition coefficient (Wildman–Crippen LogP) is 3.84. The van der Waals surface area contributed by atoms with E-state index in [2.05, 4.69) is 10.3 Å². The second kappa shape index (κ2) is 7.40. The molecule has 1 heterocycles. The summed E-state index contributed by atoms with van der Waals surface area (Å²) in [4.78, 5) is 16.6. The highest BCUT2D eigenvalue weighted by Gasteiger charge is 2.10. The average molecular weight is 357 g/mol. The monoisotopic (exact) mass is 356 g/mol. The van der Waals surface area contributed by atoms with Gasteiger partial charge in [0.15, 0.2) is 0 Å². The highest BCUT2D eigenvalue weighted by atomic mass is 35.5. The molecule has 0 aliphatic carbocycles. The molecule has 0 radical (unpaired) electrons. The third-order valence-corrected chi connectivity index (χ3v) is 4.06. The van der Waals surface area contributed by atoms with Gasteiger partial charge in [-0.1, -0.05) is 11.6 Å². The van der Waals surface area contributed by atoms with Crippen molar-refractivity contribution in [2.24, 2.45) is 0 Å². The molecule has 2 aromatic carbocycles. The second-order valence-corrected chi connectivity index (χ2v) is 5.79. The Morgan fingerprint density at radius 1 is 1.08 bits per heavy atom. The van der Waals surface area contributed by atoms with Crippen LogP contribution in [0.25, 0.3) is 10.9 Å². The van der Waals surface area contributed by atoms with Crippen molar-refractivity contribution < 1.29 is 14.3 Å². The summed E-state index contributed by atoms with van der Waals surface area (Å²) < 4.78 is 10.5. The number of aromatic nitrogens is 1. The Morgan fingerprint density at radius 3 is 2.68 bits per heavy atom. The minimum absolute atomic E-state index is 0.172. The number of halogens is 1. The standard InChI is InChI=1S/C19H17ClN2O3/c1-24-15-6-3-14(17(10-15)25-2)11-21-19(23)13-4-7-16-12(9-13)5-8-18(20)22-16/h3-10H,11H2,1-2H3,(H,21,23). The third kappa shape index (κ3) is 3.83. The fourth-order valence-corrected chi connectivity index (χ4v) is 2.67. The van der Waals surface area contributed by atoms with Crippen LogP contribution in [0, 0.1) is 0 Å². The first-order chi connectivity index (χ1) is 12.1. The summed E-state index contributed by atoms with van der Waals surface area (Å²) in [5.41, 5.74) is 2.18. The molecular formula is C19H17ClN2O3. The Balaban J connectivity index is 1.75. The van der Waals surface area contributed by atoms with E-state index in [-0.39, 0.29) is 5.91 Å². The van der Waals surface area contributed by atoms with Gasteiger partial charge in [0, 0.05) is 29.1 Å². The predicted molar refractivity (Wildman–Crippen MR) is 97.5 cm³/mol. The Kier molecular flexibility index (Phi) is 5.05. The number of carbonyl (C=O) groups excluding carboxylic acids is 1. The summed E-state index contributed by atoms with van der Waals surface area (Å²) in [5.74, 6) is 1.19. The van der Waals surface area contributed by atoms with E-state index in [0.717, 1.165) is 16.5 Å². The van der Waals surface area contributed by atoms with Crippen molar-refractivity contribution in [1.82, 2.24) is 10.3 Å². The molecule has 0 unspecified atom stereocenters. The number of benzene rings is 2. The molecule has 0 saturated carbocycles. The zero-order chi connectivity index (χ0) is 17.8. The van der Waals surface area contributed by atoms with Crippen LogP contribution in [0.5, 0.6) is 11.5 Å². The van der Waals surface area contributed by atoms with Crippen molar-refractivity contribution in [3.8, 4) is 11.5 Å². The number of amides is 1. The summed E-state index contributed by atoms with van der Waals surface area (Å²) in [7, 11) is 3.18.